The van der Waals surface area contributed by atoms with Gasteiger partial charge in [-0.3, -0.25) is 19.2 Å². The minimum atomic E-state index is -5.87. The van der Waals surface area contributed by atoms with Crippen molar-refractivity contribution in [2.75, 3.05) is 22.9 Å². The lowest BCUT2D eigenvalue weighted by atomic mass is 10.1. The molecule has 34 heavy (non-hydrogen) atoms. The first kappa shape index (κ1) is 27.0. The smallest absolute Gasteiger partial charge is 0.349 e. The molecule has 1 aromatic carbocycles. The lowest BCUT2D eigenvalue weighted by Crippen LogP contribution is -2.56. The highest BCUT2D eigenvalue weighted by atomic mass is 19.4. The topological polar surface area (TPSA) is 98.8 Å². The van der Waals surface area contributed by atoms with Crippen LogP contribution in [-0.4, -0.2) is 60.9 Å². The number of fused-ring (bicyclic) bond motifs is 1. The molecular formula is C21H25F5N4O4. The summed E-state index contributed by atoms with van der Waals surface area (Å²) in [6.07, 6.45) is -5.87. The standard InChI is InChI=1S/C21H25F5N4O4/c1-11(2)30-16-8-6-5-7-15(16)29(13(4)31)9-14(19(30)34)28-18(33)12(3)17(32)27-10-20(22,23)21(24,25)26/h5-8,11-12,14H,9-10H2,1-4H3,(H,27,32)(H,28,33). The van der Waals surface area contributed by atoms with E-state index in [0.717, 1.165) is 6.92 Å². The molecule has 1 heterocycles. The van der Waals surface area contributed by atoms with E-state index in [4.69, 9.17) is 0 Å². The number of para-hydroxylation sites is 2. The Morgan fingerprint density at radius 3 is 2.09 bits per heavy atom. The van der Waals surface area contributed by atoms with Gasteiger partial charge in [-0.05, 0) is 32.9 Å². The Hall–Kier alpha value is -3.25. The fraction of sp³-hybridized carbons (Fsp3) is 0.524. The third kappa shape index (κ3) is 5.62. The Kier molecular flexibility index (Phi) is 7.89. The summed E-state index contributed by atoms with van der Waals surface area (Å²) in [7, 11) is 0. The van der Waals surface area contributed by atoms with Crippen LogP contribution in [0, 0.1) is 5.92 Å². The second-order valence-corrected chi connectivity index (χ2v) is 8.12. The molecule has 4 amide bonds. The molecule has 0 radical (unpaired) electrons. The van der Waals surface area contributed by atoms with Crippen molar-refractivity contribution in [2.24, 2.45) is 5.92 Å². The summed E-state index contributed by atoms with van der Waals surface area (Å²) in [6, 6.07) is 4.90. The van der Waals surface area contributed by atoms with E-state index in [-0.39, 0.29) is 12.6 Å². The number of hydrogen-bond donors (Lipinski definition) is 2. The number of nitrogens with one attached hydrogen (secondary N) is 2. The van der Waals surface area contributed by atoms with Crippen LogP contribution in [0.1, 0.15) is 27.7 Å². The highest BCUT2D eigenvalue weighted by Gasteiger charge is 2.57. The molecule has 2 atom stereocenters. The first-order chi connectivity index (χ1) is 15.6. The van der Waals surface area contributed by atoms with E-state index in [1.54, 1.807) is 38.1 Å². The van der Waals surface area contributed by atoms with E-state index in [9.17, 15) is 41.1 Å². The molecule has 0 aliphatic carbocycles. The molecule has 1 aromatic rings. The molecule has 13 heteroatoms. The Morgan fingerprint density at radius 2 is 1.59 bits per heavy atom. The van der Waals surface area contributed by atoms with Crippen LogP contribution in [0.15, 0.2) is 24.3 Å². The lowest BCUT2D eigenvalue weighted by molar-refractivity contribution is -0.278. The number of halogens is 5. The van der Waals surface area contributed by atoms with Gasteiger partial charge >= 0.3 is 12.1 Å². The largest absolute Gasteiger partial charge is 0.455 e. The Labute approximate surface area is 192 Å². The first-order valence-corrected chi connectivity index (χ1v) is 10.3. The summed E-state index contributed by atoms with van der Waals surface area (Å²) in [5.74, 6) is -10.3. The number of benzene rings is 1. The number of carbonyl (C=O) groups is 4. The van der Waals surface area contributed by atoms with Gasteiger partial charge in [-0.1, -0.05) is 12.1 Å². The summed E-state index contributed by atoms with van der Waals surface area (Å²) in [6.45, 7) is 3.38. The molecule has 2 unspecified atom stereocenters. The number of amides is 4. The van der Waals surface area contributed by atoms with Gasteiger partial charge in [0.1, 0.15) is 12.0 Å². The van der Waals surface area contributed by atoms with Gasteiger partial charge < -0.3 is 20.4 Å². The maximum Gasteiger partial charge on any atom is 0.455 e. The maximum absolute atomic E-state index is 13.3. The van der Waals surface area contributed by atoms with Crippen molar-refractivity contribution in [3.63, 3.8) is 0 Å². The van der Waals surface area contributed by atoms with Gasteiger partial charge in [0.15, 0.2) is 0 Å². The molecule has 1 aliphatic rings. The van der Waals surface area contributed by atoms with Crippen LogP contribution in [0.5, 0.6) is 0 Å². The predicted molar refractivity (Wildman–Crippen MR) is 112 cm³/mol. The van der Waals surface area contributed by atoms with Crippen molar-refractivity contribution in [1.29, 1.82) is 0 Å². The van der Waals surface area contributed by atoms with Crippen molar-refractivity contribution in [2.45, 2.75) is 51.9 Å². The number of carbonyl (C=O) groups excluding carboxylic acids is 4. The zero-order valence-corrected chi connectivity index (χ0v) is 18.9. The van der Waals surface area contributed by atoms with Crippen LogP contribution < -0.4 is 20.4 Å². The zero-order valence-electron chi connectivity index (χ0n) is 18.9. The molecule has 2 N–H and O–H groups in total. The van der Waals surface area contributed by atoms with E-state index in [1.807, 2.05) is 0 Å². The lowest BCUT2D eigenvalue weighted by Gasteiger charge is -2.29. The van der Waals surface area contributed by atoms with E-state index in [0.29, 0.717) is 11.4 Å². The zero-order chi connectivity index (χ0) is 26.0. The molecule has 188 valence electrons. The number of nitrogens with zero attached hydrogens (tertiary/aromatic N) is 2. The van der Waals surface area contributed by atoms with Crippen LogP contribution in [0.4, 0.5) is 33.3 Å². The quantitative estimate of drug-likeness (QED) is 0.470. The molecular weight excluding hydrogens is 467 g/mol. The highest BCUT2D eigenvalue weighted by molar-refractivity contribution is 6.09. The summed E-state index contributed by atoms with van der Waals surface area (Å²) in [5.41, 5.74) is 0.851. The van der Waals surface area contributed by atoms with Gasteiger partial charge in [0.05, 0.1) is 24.5 Å². The molecule has 0 fully saturated rings. The summed E-state index contributed by atoms with van der Waals surface area (Å²) >= 11 is 0. The summed E-state index contributed by atoms with van der Waals surface area (Å²) in [4.78, 5) is 52.8. The van der Waals surface area contributed by atoms with E-state index in [1.165, 1.54) is 22.0 Å². The van der Waals surface area contributed by atoms with Crippen molar-refractivity contribution in [3.05, 3.63) is 24.3 Å². The molecule has 0 saturated carbocycles. The SMILES string of the molecule is CC(=O)N1CC(NC(=O)C(C)C(=O)NCC(F)(F)C(F)(F)F)C(=O)N(C(C)C)c2ccccc21. The molecule has 0 spiro atoms. The van der Waals surface area contributed by atoms with Crippen LogP contribution in [0.25, 0.3) is 0 Å². The average molecular weight is 492 g/mol. The molecule has 0 aromatic heterocycles. The van der Waals surface area contributed by atoms with Crippen LogP contribution >= 0.6 is 0 Å². The first-order valence-electron chi connectivity index (χ1n) is 10.3. The van der Waals surface area contributed by atoms with Gasteiger partial charge in [0.2, 0.25) is 17.7 Å². The second kappa shape index (κ2) is 9.94. The third-order valence-corrected chi connectivity index (χ3v) is 5.23. The van der Waals surface area contributed by atoms with Gasteiger partial charge in [0.25, 0.3) is 5.91 Å². The normalized spacial score (nSPS) is 17.7. The number of hydrogen-bond acceptors (Lipinski definition) is 4. The molecule has 1 aliphatic heterocycles. The van der Waals surface area contributed by atoms with Gasteiger partial charge in [0, 0.05) is 13.0 Å². The van der Waals surface area contributed by atoms with Gasteiger partial charge in [-0.15, -0.1) is 0 Å². The molecule has 8 nitrogen and oxygen atoms in total. The summed E-state index contributed by atoms with van der Waals surface area (Å²) in [5, 5.41) is 3.74. The fourth-order valence-corrected chi connectivity index (χ4v) is 3.35. The Bertz CT molecular complexity index is 967. The highest BCUT2D eigenvalue weighted by Crippen LogP contribution is 2.35. The predicted octanol–water partition coefficient (Wildman–Crippen LogP) is 2.23. The Balaban J connectivity index is 2.23. The van der Waals surface area contributed by atoms with E-state index in [2.05, 4.69) is 5.32 Å². The van der Waals surface area contributed by atoms with Crippen LogP contribution in [0.2, 0.25) is 0 Å². The van der Waals surface area contributed by atoms with Gasteiger partial charge in [-0.2, -0.15) is 22.0 Å². The summed E-state index contributed by atoms with van der Waals surface area (Å²) < 4.78 is 63.0. The fourth-order valence-electron chi connectivity index (χ4n) is 3.35. The van der Waals surface area contributed by atoms with E-state index < -0.39 is 54.2 Å². The van der Waals surface area contributed by atoms with Gasteiger partial charge in [-0.25, -0.2) is 0 Å². The number of anilines is 2. The van der Waals surface area contributed by atoms with E-state index >= 15 is 0 Å². The molecule has 0 saturated heterocycles. The van der Waals surface area contributed by atoms with Crippen molar-refractivity contribution in [3.8, 4) is 0 Å². The third-order valence-electron chi connectivity index (χ3n) is 5.23. The van der Waals surface area contributed by atoms with Crippen molar-refractivity contribution in [1.82, 2.24) is 10.6 Å². The second-order valence-electron chi connectivity index (χ2n) is 8.12. The number of alkyl halides is 5. The monoisotopic (exact) mass is 492 g/mol. The molecule has 0 bridgehead atoms. The van der Waals surface area contributed by atoms with Crippen LogP contribution in [-0.2, 0) is 19.2 Å². The maximum atomic E-state index is 13.3. The number of rotatable bonds is 6. The minimum Gasteiger partial charge on any atom is -0.349 e. The van der Waals surface area contributed by atoms with Crippen molar-refractivity contribution < 1.29 is 41.1 Å². The Morgan fingerprint density at radius 1 is 1.03 bits per heavy atom. The van der Waals surface area contributed by atoms with Crippen molar-refractivity contribution >= 4 is 35.0 Å². The van der Waals surface area contributed by atoms with Crippen LogP contribution in [0.3, 0.4) is 0 Å². The molecule has 2 rings (SSSR count). The minimum absolute atomic E-state index is 0.277. The average Bonchev–Trinajstić information content (AvgIpc) is 2.85.